The average molecular weight is 557 g/mol. The van der Waals surface area contributed by atoms with Gasteiger partial charge < -0.3 is 4.74 Å². The number of hydrogen-bond acceptors (Lipinski definition) is 3. The first-order valence-electron chi connectivity index (χ1n) is 8.38. The Kier molecular flexibility index (Phi) is 7.72. The number of ether oxygens (including phenoxy) is 1. The molecule has 0 aromatic heterocycles. The monoisotopic (exact) mass is 554 g/mol. The Morgan fingerprint density at radius 2 is 1.83 bits per heavy atom. The smallest absolute Gasteiger partial charge is 0.272 e. The van der Waals surface area contributed by atoms with Crippen molar-refractivity contribution in [1.82, 2.24) is 5.43 Å². The van der Waals surface area contributed by atoms with Crippen LogP contribution in [0.15, 0.2) is 74.7 Å². The summed E-state index contributed by atoms with van der Waals surface area (Å²) in [6, 6.07) is 17.9. The highest BCUT2D eigenvalue weighted by atomic mass is 79.9. The van der Waals surface area contributed by atoms with Crippen LogP contribution in [0.2, 0.25) is 10.0 Å². The standard InChI is InChI=1S/C21H14Br2Cl2N2O2/c22-17-4-2-1-3-16(17)21(28)27-26-11-13-5-8-20(18(23)9-13)29-12-14-6-7-15(24)10-19(14)25/h1-11H,12H2,(H,27,28)/b26-11-. The number of amides is 1. The zero-order chi connectivity index (χ0) is 20.8. The lowest BCUT2D eigenvalue weighted by atomic mass is 10.2. The average Bonchev–Trinajstić information content (AvgIpc) is 2.69. The molecule has 1 amide bonds. The molecule has 0 aliphatic heterocycles. The minimum Gasteiger partial charge on any atom is -0.488 e. The fourth-order valence-corrected chi connectivity index (χ4v) is 3.82. The number of halogens is 4. The Morgan fingerprint density at radius 3 is 2.55 bits per heavy atom. The van der Waals surface area contributed by atoms with Gasteiger partial charge in [0.1, 0.15) is 12.4 Å². The Labute approximate surface area is 195 Å². The first-order valence-corrected chi connectivity index (χ1v) is 10.7. The molecule has 0 radical (unpaired) electrons. The molecule has 0 atom stereocenters. The van der Waals surface area contributed by atoms with E-state index in [4.69, 9.17) is 27.9 Å². The van der Waals surface area contributed by atoms with Crippen LogP contribution in [0.1, 0.15) is 21.5 Å². The molecular formula is C21H14Br2Cl2N2O2. The van der Waals surface area contributed by atoms with Crippen molar-refractivity contribution in [2.75, 3.05) is 0 Å². The van der Waals surface area contributed by atoms with Gasteiger partial charge in [-0.05, 0) is 79.9 Å². The lowest BCUT2D eigenvalue weighted by Crippen LogP contribution is -2.18. The number of nitrogens with one attached hydrogen (secondary N) is 1. The molecule has 29 heavy (non-hydrogen) atoms. The van der Waals surface area contributed by atoms with E-state index in [1.165, 1.54) is 0 Å². The van der Waals surface area contributed by atoms with Gasteiger partial charge in [-0.2, -0.15) is 5.10 Å². The number of benzene rings is 3. The van der Waals surface area contributed by atoms with Gasteiger partial charge in [0.25, 0.3) is 5.91 Å². The van der Waals surface area contributed by atoms with E-state index in [1.54, 1.807) is 36.5 Å². The highest BCUT2D eigenvalue weighted by Gasteiger charge is 2.08. The Hall–Kier alpha value is -1.86. The molecular weight excluding hydrogens is 543 g/mol. The van der Waals surface area contributed by atoms with Gasteiger partial charge in [0.05, 0.1) is 16.3 Å². The number of hydrazone groups is 1. The van der Waals surface area contributed by atoms with Crippen molar-refractivity contribution in [2.24, 2.45) is 5.10 Å². The second-order valence-electron chi connectivity index (χ2n) is 5.89. The molecule has 0 spiro atoms. The van der Waals surface area contributed by atoms with E-state index < -0.39 is 0 Å². The van der Waals surface area contributed by atoms with E-state index in [2.05, 4.69) is 42.4 Å². The van der Waals surface area contributed by atoms with E-state index >= 15 is 0 Å². The summed E-state index contributed by atoms with van der Waals surface area (Å²) in [6.07, 6.45) is 1.55. The van der Waals surface area contributed by atoms with Crippen LogP contribution in [-0.2, 0) is 6.61 Å². The van der Waals surface area contributed by atoms with Gasteiger partial charge in [-0.25, -0.2) is 5.43 Å². The van der Waals surface area contributed by atoms with Crippen LogP contribution in [-0.4, -0.2) is 12.1 Å². The summed E-state index contributed by atoms with van der Waals surface area (Å²) in [5, 5.41) is 5.14. The van der Waals surface area contributed by atoms with E-state index in [-0.39, 0.29) is 5.91 Å². The maximum atomic E-state index is 12.1. The second kappa shape index (κ2) is 10.3. The molecule has 0 bridgehead atoms. The topological polar surface area (TPSA) is 50.7 Å². The molecule has 0 aliphatic carbocycles. The molecule has 0 saturated carbocycles. The molecule has 3 rings (SSSR count). The molecule has 1 N–H and O–H groups in total. The van der Waals surface area contributed by atoms with Crippen LogP contribution in [0.4, 0.5) is 0 Å². The van der Waals surface area contributed by atoms with Crippen molar-refractivity contribution >= 4 is 67.2 Å². The Bertz CT molecular complexity index is 1070. The Morgan fingerprint density at radius 1 is 1.03 bits per heavy atom. The third kappa shape index (κ3) is 6.06. The number of rotatable bonds is 6. The summed E-state index contributed by atoms with van der Waals surface area (Å²) in [5.74, 6) is 0.359. The van der Waals surface area contributed by atoms with E-state index in [0.29, 0.717) is 32.4 Å². The van der Waals surface area contributed by atoms with E-state index in [1.807, 2.05) is 30.3 Å². The van der Waals surface area contributed by atoms with Gasteiger partial charge in [0.2, 0.25) is 0 Å². The van der Waals surface area contributed by atoms with Crippen LogP contribution in [0.5, 0.6) is 5.75 Å². The van der Waals surface area contributed by atoms with Crippen molar-refractivity contribution in [1.29, 1.82) is 0 Å². The molecule has 0 heterocycles. The van der Waals surface area contributed by atoms with E-state index in [0.717, 1.165) is 15.6 Å². The van der Waals surface area contributed by atoms with Gasteiger partial charge in [0.15, 0.2) is 0 Å². The van der Waals surface area contributed by atoms with Crippen LogP contribution in [0.3, 0.4) is 0 Å². The van der Waals surface area contributed by atoms with Gasteiger partial charge in [-0.15, -0.1) is 0 Å². The summed E-state index contributed by atoms with van der Waals surface area (Å²) in [7, 11) is 0. The van der Waals surface area contributed by atoms with Crippen molar-refractivity contribution in [3.63, 3.8) is 0 Å². The van der Waals surface area contributed by atoms with E-state index in [9.17, 15) is 4.79 Å². The van der Waals surface area contributed by atoms with Gasteiger partial charge >= 0.3 is 0 Å². The minimum atomic E-state index is -0.299. The Balaban J connectivity index is 1.61. The molecule has 3 aromatic rings. The molecule has 0 unspecified atom stereocenters. The summed E-state index contributed by atoms with van der Waals surface area (Å²) in [4.78, 5) is 12.1. The first-order chi connectivity index (χ1) is 13.9. The number of carbonyl (C=O) groups is 1. The molecule has 4 nitrogen and oxygen atoms in total. The van der Waals surface area contributed by atoms with Gasteiger partial charge in [-0.1, -0.05) is 41.4 Å². The largest absolute Gasteiger partial charge is 0.488 e. The van der Waals surface area contributed by atoms with Crippen molar-refractivity contribution in [3.8, 4) is 5.75 Å². The van der Waals surface area contributed by atoms with Gasteiger partial charge in [-0.3, -0.25) is 4.79 Å². The maximum Gasteiger partial charge on any atom is 0.272 e. The third-order valence-electron chi connectivity index (χ3n) is 3.85. The number of carbonyl (C=O) groups excluding carboxylic acids is 1. The lowest BCUT2D eigenvalue weighted by molar-refractivity contribution is 0.0954. The molecule has 148 valence electrons. The first kappa shape index (κ1) is 21.8. The molecule has 8 heteroatoms. The highest BCUT2D eigenvalue weighted by Crippen LogP contribution is 2.28. The number of nitrogens with zero attached hydrogens (tertiary/aromatic N) is 1. The van der Waals surface area contributed by atoms with Crippen LogP contribution >= 0.6 is 55.1 Å². The normalized spacial score (nSPS) is 10.9. The van der Waals surface area contributed by atoms with Crippen LogP contribution in [0.25, 0.3) is 0 Å². The fraction of sp³-hybridized carbons (Fsp3) is 0.0476. The molecule has 0 aliphatic rings. The zero-order valence-electron chi connectivity index (χ0n) is 14.8. The predicted molar refractivity (Wildman–Crippen MR) is 124 cm³/mol. The van der Waals surface area contributed by atoms with Crippen molar-refractivity contribution in [3.05, 3.63) is 96.3 Å². The second-order valence-corrected chi connectivity index (χ2v) is 8.45. The molecule has 0 fully saturated rings. The van der Waals surface area contributed by atoms with Crippen molar-refractivity contribution < 1.29 is 9.53 Å². The minimum absolute atomic E-state index is 0.299. The highest BCUT2D eigenvalue weighted by molar-refractivity contribution is 9.10. The van der Waals surface area contributed by atoms with Gasteiger partial charge in [0, 0.05) is 20.1 Å². The summed E-state index contributed by atoms with van der Waals surface area (Å²) >= 11 is 18.9. The molecule has 3 aromatic carbocycles. The summed E-state index contributed by atoms with van der Waals surface area (Å²) in [6.45, 7) is 0.310. The predicted octanol–water partition coefficient (Wildman–Crippen LogP) is 6.86. The molecule has 0 saturated heterocycles. The third-order valence-corrected chi connectivity index (χ3v) is 5.75. The zero-order valence-corrected chi connectivity index (χ0v) is 19.5. The van der Waals surface area contributed by atoms with Crippen molar-refractivity contribution in [2.45, 2.75) is 6.61 Å². The lowest BCUT2D eigenvalue weighted by Gasteiger charge is -2.10. The SMILES string of the molecule is O=C(N/N=C\c1ccc(OCc2ccc(Cl)cc2Cl)c(Br)c1)c1ccccc1Br. The van der Waals surface area contributed by atoms with Crippen LogP contribution in [0, 0.1) is 0 Å². The summed E-state index contributed by atoms with van der Waals surface area (Å²) in [5.41, 5.74) is 4.65. The maximum absolute atomic E-state index is 12.1. The van der Waals surface area contributed by atoms with Crippen LogP contribution < -0.4 is 10.2 Å². The fourth-order valence-electron chi connectivity index (χ4n) is 2.38. The quantitative estimate of drug-likeness (QED) is 0.266. The summed E-state index contributed by atoms with van der Waals surface area (Å²) < 4.78 is 7.28. The number of hydrogen-bond donors (Lipinski definition) is 1.